The number of hydrogen-bond donors (Lipinski definition) is 1. The van der Waals surface area contributed by atoms with Crippen molar-refractivity contribution in [2.45, 2.75) is 19.4 Å². The summed E-state index contributed by atoms with van der Waals surface area (Å²) < 4.78 is 15.8. The fourth-order valence-corrected chi connectivity index (χ4v) is 2.15. The maximum Gasteiger partial charge on any atom is 0.160 e. The molecule has 0 saturated heterocycles. The minimum atomic E-state index is -0.0862. The van der Waals surface area contributed by atoms with Crippen molar-refractivity contribution < 1.29 is 13.9 Å². The van der Waals surface area contributed by atoms with E-state index in [2.05, 4.69) is 0 Å². The van der Waals surface area contributed by atoms with Gasteiger partial charge in [-0.1, -0.05) is 6.07 Å². The number of ether oxygens (including phenoxy) is 2. The number of methoxy groups -OCH3 is 2. The Hall–Kier alpha value is -1.94. The van der Waals surface area contributed by atoms with E-state index in [4.69, 9.17) is 19.6 Å². The van der Waals surface area contributed by atoms with E-state index in [0.717, 1.165) is 34.8 Å². The van der Waals surface area contributed by atoms with Crippen LogP contribution in [0.3, 0.4) is 0 Å². The summed E-state index contributed by atoms with van der Waals surface area (Å²) in [6.07, 6.45) is 2.39. The quantitative estimate of drug-likeness (QED) is 0.899. The topological polar surface area (TPSA) is 57.6 Å². The molecule has 0 fully saturated rings. The van der Waals surface area contributed by atoms with Crippen LogP contribution in [0.15, 0.2) is 34.9 Å². The van der Waals surface area contributed by atoms with Gasteiger partial charge in [0.25, 0.3) is 0 Å². The molecule has 0 aliphatic rings. The van der Waals surface area contributed by atoms with Gasteiger partial charge in [0.1, 0.15) is 5.76 Å². The summed E-state index contributed by atoms with van der Waals surface area (Å²) in [6, 6.07) is 7.67. The summed E-state index contributed by atoms with van der Waals surface area (Å²) in [7, 11) is 3.25. The second kappa shape index (κ2) is 5.80. The lowest BCUT2D eigenvalue weighted by Gasteiger charge is -2.13. The summed E-state index contributed by atoms with van der Waals surface area (Å²) in [6.45, 7) is 1.92. The fourth-order valence-electron chi connectivity index (χ4n) is 2.15. The molecule has 4 nitrogen and oxygen atoms in total. The highest BCUT2D eigenvalue weighted by atomic mass is 16.5. The number of benzene rings is 1. The molecule has 1 aromatic heterocycles. The molecule has 2 aromatic rings. The van der Waals surface area contributed by atoms with Gasteiger partial charge in [0.05, 0.1) is 20.5 Å². The Morgan fingerprint density at radius 1 is 1.16 bits per heavy atom. The maximum absolute atomic E-state index is 6.20. The largest absolute Gasteiger partial charge is 0.493 e. The SMILES string of the molecule is COc1ccc(CC(N)c2ccoc2C)cc1OC. The van der Waals surface area contributed by atoms with Gasteiger partial charge in [-0.2, -0.15) is 0 Å². The molecule has 0 aliphatic heterocycles. The Bertz CT molecular complexity index is 548. The third-order valence-electron chi connectivity index (χ3n) is 3.20. The molecular formula is C15H19NO3. The second-order valence-electron chi connectivity index (χ2n) is 4.43. The van der Waals surface area contributed by atoms with Crippen molar-refractivity contribution in [2.75, 3.05) is 14.2 Å². The average molecular weight is 261 g/mol. The van der Waals surface area contributed by atoms with Crippen molar-refractivity contribution in [1.29, 1.82) is 0 Å². The first-order valence-corrected chi connectivity index (χ1v) is 6.16. The lowest BCUT2D eigenvalue weighted by atomic mass is 10.00. The van der Waals surface area contributed by atoms with Crippen molar-refractivity contribution in [2.24, 2.45) is 5.73 Å². The van der Waals surface area contributed by atoms with Gasteiger partial charge >= 0.3 is 0 Å². The van der Waals surface area contributed by atoms with E-state index in [9.17, 15) is 0 Å². The molecule has 0 radical (unpaired) electrons. The normalized spacial score (nSPS) is 12.2. The highest BCUT2D eigenvalue weighted by molar-refractivity contribution is 5.43. The van der Waals surface area contributed by atoms with Crippen molar-refractivity contribution in [3.8, 4) is 11.5 Å². The van der Waals surface area contributed by atoms with E-state index in [0.29, 0.717) is 0 Å². The summed E-state index contributed by atoms with van der Waals surface area (Å²) >= 11 is 0. The van der Waals surface area contributed by atoms with E-state index in [1.165, 1.54) is 0 Å². The van der Waals surface area contributed by atoms with Crippen molar-refractivity contribution in [3.63, 3.8) is 0 Å². The van der Waals surface area contributed by atoms with Crippen LogP contribution >= 0.6 is 0 Å². The monoisotopic (exact) mass is 261 g/mol. The Morgan fingerprint density at radius 2 is 1.89 bits per heavy atom. The number of hydrogen-bond acceptors (Lipinski definition) is 4. The third kappa shape index (κ3) is 2.90. The van der Waals surface area contributed by atoms with E-state index in [1.54, 1.807) is 20.5 Å². The summed E-state index contributed by atoms with van der Waals surface area (Å²) in [4.78, 5) is 0. The highest BCUT2D eigenvalue weighted by Crippen LogP contribution is 2.29. The summed E-state index contributed by atoms with van der Waals surface area (Å²) in [5, 5.41) is 0. The summed E-state index contributed by atoms with van der Waals surface area (Å²) in [5.74, 6) is 2.31. The number of rotatable bonds is 5. The molecule has 0 spiro atoms. The molecule has 4 heteroatoms. The third-order valence-corrected chi connectivity index (χ3v) is 3.20. The van der Waals surface area contributed by atoms with Crippen LogP contribution in [-0.4, -0.2) is 14.2 Å². The molecule has 0 amide bonds. The molecule has 0 bridgehead atoms. The van der Waals surface area contributed by atoms with Gasteiger partial charge in [-0.3, -0.25) is 0 Å². The molecule has 1 aromatic carbocycles. The second-order valence-corrected chi connectivity index (χ2v) is 4.43. The van der Waals surface area contributed by atoms with E-state index in [-0.39, 0.29) is 6.04 Å². The van der Waals surface area contributed by atoms with E-state index < -0.39 is 0 Å². The van der Waals surface area contributed by atoms with Gasteiger partial charge in [-0.15, -0.1) is 0 Å². The van der Waals surface area contributed by atoms with Gasteiger partial charge in [-0.05, 0) is 37.1 Å². The van der Waals surface area contributed by atoms with Crippen LogP contribution in [0.1, 0.15) is 22.9 Å². The standard InChI is InChI=1S/C15H19NO3/c1-10-12(6-7-19-10)13(16)8-11-4-5-14(17-2)15(9-11)18-3/h4-7,9,13H,8,16H2,1-3H3. The molecule has 2 N–H and O–H groups in total. The molecule has 1 atom stereocenters. The molecular weight excluding hydrogens is 242 g/mol. The molecule has 2 rings (SSSR count). The molecule has 0 aliphatic carbocycles. The number of aryl methyl sites for hydroxylation is 1. The van der Waals surface area contributed by atoms with E-state index in [1.807, 2.05) is 31.2 Å². The van der Waals surface area contributed by atoms with Gasteiger partial charge in [0, 0.05) is 11.6 Å². The first-order chi connectivity index (χ1) is 9.15. The first kappa shape index (κ1) is 13.5. The van der Waals surface area contributed by atoms with Crippen LogP contribution in [0.25, 0.3) is 0 Å². The summed E-state index contributed by atoms with van der Waals surface area (Å²) in [5.41, 5.74) is 8.34. The Morgan fingerprint density at radius 3 is 2.47 bits per heavy atom. The fraction of sp³-hybridized carbons (Fsp3) is 0.333. The Balaban J connectivity index is 2.17. The van der Waals surface area contributed by atoms with Crippen LogP contribution in [-0.2, 0) is 6.42 Å². The van der Waals surface area contributed by atoms with E-state index >= 15 is 0 Å². The minimum absolute atomic E-state index is 0.0862. The Kier molecular flexibility index (Phi) is 4.12. The lowest BCUT2D eigenvalue weighted by Crippen LogP contribution is -2.13. The predicted octanol–water partition coefficient (Wildman–Crippen LogP) is 2.85. The first-order valence-electron chi connectivity index (χ1n) is 6.16. The van der Waals surface area contributed by atoms with Gasteiger partial charge in [-0.25, -0.2) is 0 Å². The zero-order valence-electron chi connectivity index (χ0n) is 11.5. The zero-order chi connectivity index (χ0) is 13.8. The lowest BCUT2D eigenvalue weighted by molar-refractivity contribution is 0.354. The molecule has 1 unspecified atom stereocenters. The van der Waals surface area contributed by atoms with Crippen LogP contribution in [0.4, 0.5) is 0 Å². The number of furan rings is 1. The maximum atomic E-state index is 6.20. The van der Waals surface area contributed by atoms with Crippen LogP contribution in [0.2, 0.25) is 0 Å². The van der Waals surface area contributed by atoms with Gasteiger partial charge in [0.15, 0.2) is 11.5 Å². The highest BCUT2D eigenvalue weighted by Gasteiger charge is 2.13. The predicted molar refractivity (Wildman–Crippen MR) is 73.6 cm³/mol. The minimum Gasteiger partial charge on any atom is -0.493 e. The van der Waals surface area contributed by atoms with Crippen molar-refractivity contribution >= 4 is 0 Å². The van der Waals surface area contributed by atoms with Crippen LogP contribution in [0, 0.1) is 6.92 Å². The molecule has 19 heavy (non-hydrogen) atoms. The molecule has 0 saturated carbocycles. The smallest absolute Gasteiger partial charge is 0.160 e. The number of nitrogens with two attached hydrogens (primary N) is 1. The van der Waals surface area contributed by atoms with Crippen molar-refractivity contribution in [1.82, 2.24) is 0 Å². The van der Waals surface area contributed by atoms with Crippen LogP contribution in [0.5, 0.6) is 11.5 Å². The average Bonchev–Trinajstić information content (AvgIpc) is 2.85. The van der Waals surface area contributed by atoms with Gasteiger partial charge < -0.3 is 19.6 Å². The molecule has 102 valence electrons. The van der Waals surface area contributed by atoms with Gasteiger partial charge in [0.2, 0.25) is 0 Å². The van der Waals surface area contributed by atoms with Crippen LogP contribution < -0.4 is 15.2 Å². The molecule has 1 heterocycles. The zero-order valence-corrected chi connectivity index (χ0v) is 11.5. The Labute approximate surface area is 113 Å². The van der Waals surface area contributed by atoms with Crippen molar-refractivity contribution in [3.05, 3.63) is 47.4 Å².